The van der Waals surface area contributed by atoms with Gasteiger partial charge < -0.3 is 24.6 Å². The van der Waals surface area contributed by atoms with Crippen molar-refractivity contribution in [3.8, 4) is 0 Å². The van der Waals surface area contributed by atoms with E-state index in [2.05, 4.69) is 11.9 Å². The molecule has 7 nitrogen and oxygen atoms in total. The molecule has 0 radical (unpaired) electrons. The fraction of sp³-hybridized carbons (Fsp3) is 0.533. The van der Waals surface area contributed by atoms with E-state index in [1.807, 2.05) is 45.0 Å². The number of benzene rings is 2. The summed E-state index contributed by atoms with van der Waals surface area (Å²) in [7, 11) is 2.06. The van der Waals surface area contributed by atoms with Gasteiger partial charge in [-0.3, -0.25) is 4.79 Å². The van der Waals surface area contributed by atoms with Crippen molar-refractivity contribution >= 4 is 11.9 Å². The van der Waals surface area contributed by atoms with Crippen molar-refractivity contribution in [2.45, 2.75) is 65.6 Å². The molecule has 1 atom stereocenters. The number of carbonyl (C=O) groups excluding carboxylic acids is 2. The van der Waals surface area contributed by atoms with Crippen LogP contribution < -0.4 is 0 Å². The van der Waals surface area contributed by atoms with Gasteiger partial charge in [-0.15, -0.1) is 0 Å². The number of esters is 2. The average molecular weight is 514 g/mol. The van der Waals surface area contributed by atoms with Crippen molar-refractivity contribution in [3.05, 3.63) is 70.3 Å². The average Bonchev–Trinajstić information content (AvgIpc) is 2.90. The Hall–Kier alpha value is -2.74. The maximum absolute atomic E-state index is 13.4. The minimum atomic E-state index is -0.850. The maximum Gasteiger partial charge on any atom is 0.338 e. The van der Waals surface area contributed by atoms with E-state index in [0.29, 0.717) is 36.3 Å². The van der Waals surface area contributed by atoms with Crippen LogP contribution in [0.1, 0.15) is 73.1 Å². The van der Waals surface area contributed by atoms with Crippen molar-refractivity contribution in [1.82, 2.24) is 4.90 Å². The highest BCUT2D eigenvalue weighted by Crippen LogP contribution is 2.39. The Kier molecular flexibility index (Phi) is 12.2. The molecule has 2 aromatic rings. The number of aliphatic hydroxyl groups is 2. The molecule has 0 aliphatic rings. The molecular weight excluding hydrogens is 470 g/mol. The molecular formula is C30H43NO6. The Labute approximate surface area is 221 Å². The van der Waals surface area contributed by atoms with Crippen LogP contribution in [0.25, 0.3) is 0 Å². The number of rotatable bonds is 15. The second-order valence-electron chi connectivity index (χ2n) is 9.72. The van der Waals surface area contributed by atoms with E-state index in [1.54, 1.807) is 25.1 Å². The van der Waals surface area contributed by atoms with Gasteiger partial charge in [-0.2, -0.15) is 0 Å². The van der Waals surface area contributed by atoms with Crippen LogP contribution in [0.4, 0.5) is 0 Å². The molecule has 0 saturated heterocycles. The molecule has 0 fully saturated rings. The molecule has 0 bridgehead atoms. The maximum atomic E-state index is 13.4. The number of aliphatic hydroxyl groups excluding tert-OH is 2. The van der Waals surface area contributed by atoms with Gasteiger partial charge in [0.25, 0.3) is 0 Å². The van der Waals surface area contributed by atoms with Gasteiger partial charge >= 0.3 is 11.9 Å². The Morgan fingerprint density at radius 2 is 1.57 bits per heavy atom. The number of carbonyl (C=O) groups is 2. The monoisotopic (exact) mass is 513 g/mol. The van der Waals surface area contributed by atoms with E-state index in [0.717, 1.165) is 37.1 Å². The summed E-state index contributed by atoms with van der Waals surface area (Å²) in [6, 6.07) is 13.0. The molecule has 0 aromatic heterocycles. The van der Waals surface area contributed by atoms with Crippen LogP contribution in [0.2, 0.25) is 0 Å². The lowest BCUT2D eigenvalue weighted by atomic mass is 9.68. The van der Waals surface area contributed by atoms with Crippen LogP contribution in [0.15, 0.2) is 42.5 Å². The lowest BCUT2D eigenvalue weighted by molar-refractivity contribution is -0.152. The molecule has 0 saturated carbocycles. The van der Waals surface area contributed by atoms with Crippen molar-refractivity contribution in [3.63, 3.8) is 0 Å². The highest BCUT2D eigenvalue weighted by atomic mass is 16.5. The van der Waals surface area contributed by atoms with Crippen molar-refractivity contribution < 1.29 is 29.3 Å². The Morgan fingerprint density at radius 1 is 0.919 bits per heavy atom. The lowest BCUT2D eigenvalue weighted by Gasteiger charge is -2.37. The van der Waals surface area contributed by atoms with Gasteiger partial charge in [0.15, 0.2) is 0 Å². The zero-order valence-corrected chi connectivity index (χ0v) is 23.0. The number of nitrogens with zero attached hydrogens (tertiary/aromatic N) is 1. The third kappa shape index (κ3) is 7.87. The molecule has 0 amide bonds. The van der Waals surface area contributed by atoms with E-state index in [9.17, 15) is 19.8 Å². The van der Waals surface area contributed by atoms with E-state index < -0.39 is 5.41 Å². The molecule has 0 aliphatic carbocycles. The first-order chi connectivity index (χ1) is 17.7. The highest BCUT2D eigenvalue weighted by molar-refractivity contribution is 5.89. The minimum Gasteiger partial charge on any atom is -0.465 e. The first-order valence-electron chi connectivity index (χ1n) is 13.2. The Morgan fingerprint density at radius 3 is 2.14 bits per heavy atom. The SMILES string of the molecule is CCOC(=O)c1ccc(CCN(C)CCCC(C(=O)OCC)(c2ccc(CO)c(CO)c2)C(C)C)cc1. The second kappa shape index (κ2) is 14.9. The predicted molar refractivity (Wildman–Crippen MR) is 144 cm³/mol. The van der Waals surface area contributed by atoms with Crippen molar-refractivity contribution in [1.29, 1.82) is 0 Å². The molecule has 7 heteroatoms. The quantitative estimate of drug-likeness (QED) is 0.344. The molecule has 0 spiro atoms. The first kappa shape index (κ1) is 30.5. The normalized spacial score (nSPS) is 13.0. The fourth-order valence-corrected chi connectivity index (χ4v) is 4.77. The van der Waals surface area contributed by atoms with Crippen LogP contribution in [-0.2, 0) is 39.3 Å². The molecule has 2 rings (SSSR count). The zero-order chi connectivity index (χ0) is 27.4. The summed E-state index contributed by atoms with van der Waals surface area (Å²) in [5, 5.41) is 19.4. The summed E-state index contributed by atoms with van der Waals surface area (Å²) in [6.07, 6.45) is 2.23. The number of hydrogen-bond acceptors (Lipinski definition) is 7. The first-order valence-corrected chi connectivity index (χ1v) is 13.2. The second-order valence-corrected chi connectivity index (χ2v) is 9.72. The van der Waals surface area contributed by atoms with Crippen LogP contribution in [0.3, 0.4) is 0 Å². The van der Waals surface area contributed by atoms with Gasteiger partial charge in [0, 0.05) is 6.54 Å². The largest absolute Gasteiger partial charge is 0.465 e. The summed E-state index contributed by atoms with van der Waals surface area (Å²) >= 11 is 0. The molecule has 2 aromatic carbocycles. The van der Waals surface area contributed by atoms with E-state index in [-0.39, 0.29) is 31.1 Å². The zero-order valence-electron chi connectivity index (χ0n) is 23.0. The van der Waals surface area contributed by atoms with Gasteiger partial charge in [-0.1, -0.05) is 44.2 Å². The molecule has 0 aliphatic heterocycles. The lowest BCUT2D eigenvalue weighted by Crippen LogP contribution is -2.43. The van der Waals surface area contributed by atoms with E-state index in [1.165, 1.54) is 0 Å². The van der Waals surface area contributed by atoms with E-state index in [4.69, 9.17) is 9.47 Å². The summed E-state index contributed by atoms with van der Waals surface area (Å²) in [5.74, 6) is -0.588. The molecule has 0 heterocycles. The van der Waals surface area contributed by atoms with E-state index >= 15 is 0 Å². The smallest absolute Gasteiger partial charge is 0.338 e. The van der Waals surface area contributed by atoms with Crippen LogP contribution in [-0.4, -0.2) is 60.4 Å². The number of ether oxygens (including phenoxy) is 2. The van der Waals surface area contributed by atoms with Crippen LogP contribution in [0.5, 0.6) is 0 Å². The fourth-order valence-electron chi connectivity index (χ4n) is 4.77. The van der Waals surface area contributed by atoms with Crippen molar-refractivity contribution in [2.75, 3.05) is 33.4 Å². The van der Waals surface area contributed by atoms with Gasteiger partial charge in [-0.25, -0.2) is 4.79 Å². The third-order valence-corrected chi connectivity index (χ3v) is 7.05. The van der Waals surface area contributed by atoms with Crippen LogP contribution >= 0.6 is 0 Å². The number of hydrogen-bond donors (Lipinski definition) is 2. The number of likely N-dealkylation sites (N-methyl/N-ethyl adjacent to an activating group) is 1. The molecule has 2 N–H and O–H groups in total. The summed E-state index contributed by atoms with van der Waals surface area (Å²) < 4.78 is 10.6. The topological polar surface area (TPSA) is 96.3 Å². The highest BCUT2D eigenvalue weighted by Gasteiger charge is 2.44. The van der Waals surface area contributed by atoms with Gasteiger partial charge in [0.1, 0.15) is 0 Å². The molecule has 1 unspecified atom stereocenters. The van der Waals surface area contributed by atoms with Gasteiger partial charge in [-0.05, 0) is 87.0 Å². The van der Waals surface area contributed by atoms with Gasteiger partial charge in [0.05, 0.1) is 37.4 Å². The Balaban J connectivity index is 2.09. The van der Waals surface area contributed by atoms with Crippen molar-refractivity contribution in [2.24, 2.45) is 5.92 Å². The molecule has 204 valence electrons. The molecule has 37 heavy (non-hydrogen) atoms. The standard InChI is InChI=1S/C30H43NO6/c1-6-36-28(34)24-11-9-23(10-12-24)15-18-31(5)17-8-16-30(22(3)4,29(35)37-7-2)27-14-13-25(20-32)26(19-27)21-33/h9-14,19,22,32-33H,6-8,15-18,20-21H2,1-5H3. The summed E-state index contributed by atoms with van der Waals surface area (Å²) in [5.41, 5.74) is 2.94. The predicted octanol–water partition coefficient (Wildman–Crippen LogP) is 4.26. The summed E-state index contributed by atoms with van der Waals surface area (Å²) in [6.45, 7) is 9.58. The Bertz CT molecular complexity index is 1000. The van der Waals surface area contributed by atoms with Crippen LogP contribution in [0, 0.1) is 5.92 Å². The van der Waals surface area contributed by atoms with Gasteiger partial charge in [0.2, 0.25) is 0 Å². The third-order valence-electron chi connectivity index (χ3n) is 7.05. The minimum absolute atomic E-state index is 0.0266. The summed E-state index contributed by atoms with van der Waals surface area (Å²) in [4.78, 5) is 27.5.